The molecule has 0 saturated heterocycles. The minimum atomic E-state index is -4.54. The lowest BCUT2D eigenvalue weighted by atomic mass is 10.1. The quantitative estimate of drug-likeness (QED) is 0.811. The third-order valence-corrected chi connectivity index (χ3v) is 1.63. The number of hydrogen-bond donors (Lipinski definition) is 1. The van der Waals surface area contributed by atoms with Crippen molar-refractivity contribution in [3.63, 3.8) is 0 Å². The van der Waals surface area contributed by atoms with Crippen LogP contribution in [-0.2, 0) is 6.18 Å². The van der Waals surface area contributed by atoms with E-state index in [1.54, 1.807) is 0 Å². The number of halogens is 3. The van der Waals surface area contributed by atoms with Gasteiger partial charge < -0.3 is 5.73 Å². The highest BCUT2D eigenvalue weighted by molar-refractivity contribution is 5.54. The van der Waals surface area contributed by atoms with Gasteiger partial charge in [0.05, 0.1) is 5.69 Å². The second-order valence-electron chi connectivity index (χ2n) is 2.63. The van der Waals surface area contributed by atoms with Crippen molar-refractivity contribution < 1.29 is 13.2 Å². The number of hydrogen-bond acceptors (Lipinski definition) is 3. The molecule has 0 radical (unpaired) electrons. The fourth-order valence-electron chi connectivity index (χ4n) is 1.06. The normalized spacial score (nSPS) is 10.4. The number of aryl methyl sites for hydroxylation is 1. The molecule has 6 heteroatoms. The Kier molecular flexibility index (Phi) is 4.94. The van der Waals surface area contributed by atoms with Gasteiger partial charge in [0.15, 0.2) is 5.69 Å². The predicted molar refractivity (Wildman–Crippen MR) is 57.6 cm³/mol. The van der Waals surface area contributed by atoms with E-state index >= 15 is 0 Å². The average Bonchev–Trinajstić information content (AvgIpc) is 2.18. The van der Waals surface area contributed by atoms with Gasteiger partial charge in [-0.1, -0.05) is 26.5 Å². The van der Waals surface area contributed by atoms with Crippen LogP contribution >= 0.6 is 0 Å². The summed E-state index contributed by atoms with van der Waals surface area (Å²) in [5.41, 5.74) is 4.11. The van der Waals surface area contributed by atoms with Crippen molar-refractivity contribution in [2.24, 2.45) is 0 Å². The van der Waals surface area contributed by atoms with Gasteiger partial charge in [0.25, 0.3) is 0 Å². The molecule has 0 aliphatic heterocycles. The zero-order valence-electron chi connectivity index (χ0n) is 9.39. The highest BCUT2D eigenvalue weighted by atomic mass is 19.4. The molecule has 0 aliphatic rings. The van der Waals surface area contributed by atoms with E-state index in [0.717, 1.165) is 6.08 Å². The Morgan fingerprint density at radius 3 is 2.12 bits per heavy atom. The summed E-state index contributed by atoms with van der Waals surface area (Å²) in [4.78, 5) is 6.76. The van der Waals surface area contributed by atoms with E-state index in [2.05, 4.69) is 16.5 Å². The number of anilines is 1. The highest BCUT2D eigenvalue weighted by Crippen LogP contribution is 2.32. The Balaban J connectivity index is 0.00000106. The SMILES string of the molecule is C=Cc1c(C)nc(N)nc1C(F)(F)F.CC. The number of aromatic nitrogens is 2. The third-order valence-electron chi connectivity index (χ3n) is 1.63. The van der Waals surface area contributed by atoms with Gasteiger partial charge in [-0.05, 0) is 6.92 Å². The molecule has 0 bridgehead atoms. The van der Waals surface area contributed by atoms with Crippen molar-refractivity contribution in [2.45, 2.75) is 26.9 Å². The van der Waals surface area contributed by atoms with E-state index in [1.807, 2.05) is 13.8 Å². The summed E-state index contributed by atoms with van der Waals surface area (Å²) in [6.07, 6.45) is -3.47. The summed E-state index contributed by atoms with van der Waals surface area (Å²) in [5, 5.41) is 0. The number of alkyl halides is 3. The first-order valence-electron chi connectivity index (χ1n) is 4.70. The van der Waals surface area contributed by atoms with Crippen molar-refractivity contribution in [2.75, 3.05) is 5.73 Å². The fraction of sp³-hybridized carbons (Fsp3) is 0.400. The lowest BCUT2D eigenvalue weighted by Crippen LogP contribution is -2.14. The third kappa shape index (κ3) is 3.22. The Hall–Kier alpha value is -1.59. The molecule has 0 saturated carbocycles. The molecule has 0 aromatic carbocycles. The van der Waals surface area contributed by atoms with Crippen molar-refractivity contribution in [1.82, 2.24) is 9.97 Å². The number of nitrogens with two attached hydrogens (primary N) is 1. The van der Waals surface area contributed by atoms with Crippen molar-refractivity contribution in [1.29, 1.82) is 0 Å². The minimum Gasteiger partial charge on any atom is -0.368 e. The molecule has 0 fully saturated rings. The maximum absolute atomic E-state index is 12.4. The lowest BCUT2D eigenvalue weighted by Gasteiger charge is -2.11. The first-order chi connectivity index (χ1) is 7.36. The fourth-order valence-corrected chi connectivity index (χ4v) is 1.06. The van der Waals surface area contributed by atoms with Crippen LogP contribution in [0, 0.1) is 6.92 Å². The molecule has 1 aromatic rings. The molecule has 3 nitrogen and oxygen atoms in total. The number of rotatable bonds is 1. The summed E-state index contributed by atoms with van der Waals surface area (Å²) in [6.45, 7) is 8.70. The predicted octanol–water partition coefficient (Wildman–Crippen LogP) is 3.06. The maximum atomic E-state index is 12.4. The molecule has 0 amide bonds. The second-order valence-corrected chi connectivity index (χ2v) is 2.63. The van der Waals surface area contributed by atoms with Gasteiger partial charge in [-0.25, -0.2) is 9.97 Å². The molecule has 0 unspecified atom stereocenters. The van der Waals surface area contributed by atoms with Crippen molar-refractivity contribution >= 4 is 12.0 Å². The van der Waals surface area contributed by atoms with Gasteiger partial charge >= 0.3 is 6.18 Å². The summed E-state index contributed by atoms with van der Waals surface area (Å²) in [7, 11) is 0. The molecular formula is C10H14F3N3. The summed E-state index contributed by atoms with van der Waals surface area (Å²) in [5.74, 6) is -0.388. The lowest BCUT2D eigenvalue weighted by molar-refractivity contribution is -0.141. The van der Waals surface area contributed by atoms with E-state index in [-0.39, 0.29) is 17.2 Å². The molecule has 2 N–H and O–H groups in total. The average molecular weight is 233 g/mol. The van der Waals surface area contributed by atoms with E-state index in [0.29, 0.717) is 0 Å². The van der Waals surface area contributed by atoms with Crippen LogP contribution in [0.2, 0.25) is 0 Å². The van der Waals surface area contributed by atoms with E-state index in [9.17, 15) is 13.2 Å². The Morgan fingerprint density at radius 2 is 1.75 bits per heavy atom. The van der Waals surface area contributed by atoms with Crippen LogP contribution in [0.15, 0.2) is 6.58 Å². The first-order valence-corrected chi connectivity index (χ1v) is 4.70. The summed E-state index contributed by atoms with van der Waals surface area (Å²) < 4.78 is 37.2. The van der Waals surface area contributed by atoms with Gasteiger partial charge in [-0.15, -0.1) is 0 Å². The molecule has 0 aliphatic carbocycles. The zero-order chi connectivity index (χ0) is 12.9. The van der Waals surface area contributed by atoms with E-state index in [1.165, 1.54) is 6.92 Å². The number of nitrogen functional groups attached to an aromatic ring is 1. The molecule has 1 aromatic heterocycles. The van der Waals surface area contributed by atoms with Gasteiger partial charge in [0.1, 0.15) is 0 Å². The van der Waals surface area contributed by atoms with Crippen LogP contribution in [-0.4, -0.2) is 9.97 Å². The maximum Gasteiger partial charge on any atom is 0.434 e. The number of nitrogens with zero attached hydrogens (tertiary/aromatic N) is 2. The molecule has 90 valence electrons. The monoisotopic (exact) mass is 233 g/mol. The zero-order valence-corrected chi connectivity index (χ0v) is 9.39. The first kappa shape index (κ1) is 14.4. The molecule has 1 rings (SSSR count). The van der Waals surface area contributed by atoms with Crippen molar-refractivity contribution in [3.8, 4) is 0 Å². The molecule has 16 heavy (non-hydrogen) atoms. The largest absolute Gasteiger partial charge is 0.434 e. The van der Waals surface area contributed by atoms with Gasteiger partial charge in [-0.2, -0.15) is 13.2 Å². The second kappa shape index (κ2) is 5.48. The van der Waals surface area contributed by atoms with Crippen LogP contribution in [0.3, 0.4) is 0 Å². The Labute approximate surface area is 92.2 Å². The molecule has 0 spiro atoms. The van der Waals surface area contributed by atoms with Crippen LogP contribution in [0.1, 0.15) is 30.8 Å². The van der Waals surface area contributed by atoms with Crippen LogP contribution < -0.4 is 5.73 Å². The highest BCUT2D eigenvalue weighted by Gasteiger charge is 2.36. The summed E-state index contributed by atoms with van der Waals surface area (Å²) >= 11 is 0. The van der Waals surface area contributed by atoms with Crippen LogP contribution in [0.25, 0.3) is 6.08 Å². The Morgan fingerprint density at radius 1 is 1.25 bits per heavy atom. The minimum absolute atomic E-state index is 0.133. The van der Waals surface area contributed by atoms with Gasteiger partial charge in [0.2, 0.25) is 5.95 Å². The smallest absolute Gasteiger partial charge is 0.368 e. The molecule has 0 atom stereocenters. The molecule has 1 heterocycles. The standard InChI is InChI=1S/C8H8F3N3.C2H6/c1-3-5-4(2)13-7(12)14-6(5)8(9,10)11;1-2/h3H,1H2,2H3,(H2,12,13,14);1-2H3. The van der Waals surface area contributed by atoms with Gasteiger partial charge in [0, 0.05) is 5.56 Å². The molecular weight excluding hydrogens is 219 g/mol. The van der Waals surface area contributed by atoms with Crippen molar-refractivity contribution in [3.05, 3.63) is 23.5 Å². The van der Waals surface area contributed by atoms with E-state index < -0.39 is 11.9 Å². The van der Waals surface area contributed by atoms with Gasteiger partial charge in [-0.3, -0.25) is 0 Å². The topological polar surface area (TPSA) is 51.8 Å². The van der Waals surface area contributed by atoms with Crippen LogP contribution in [0.5, 0.6) is 0 Å². The summed E-state index contributed by atoms with van der Waals surface area (Å²) in [6, 6.07) is 0. The van der Waals surface area contributed by atoms with E-state index in [4.69, 9.17) is 5.73 Å². The Bertz CT molecular complexity index is 372. The van der Waals surface area contributed by atoms with Crippen LogP contribution in [0.4, 0.5) is 19.1 Å².